The van der Waals surface area contributed by atoms with E-state index in [2.05, 4.69) is 77.6 Å². The van der Waals surface area contributed by atoms with E-state index in [1.54, 1.807) is 0 Å². The number of hydrogen-bond donors (Lipinski definition) is 1. The minimum Gasteiger partial charge on any atom is -0.326 e. The smallest absolute Gasteiger partial charge is 0.0511 e. The second kappa shape index (κ2) is 7.30. The van der Waals surface area contributed by atoms with E-state index in [0.29, 0.717) is 16.5 Å². The van der Waals surface area contributed by atoms with Gasteiger partial charge in [-0.15, -0.1) is 0 Å². The summed E-state index contributed by atoms with van der Waals surface area (Å²) < 4.78 is 1.17. The highest BCUT2D eigenvalue weighted by Crippen LogP contribution is 2.35. The standard InChI is InChI=1S/C16H25BrN2S/c1-4-15(18)16(13-7-5-6-8-14(13)17)19-9-11(2)20-12(3)10-19/h5-8,11-12,15-16H,4,9-10,18H2,1-3H3. The van der Waals surface area contributed by atoms with Crippen molar-refractivity contribution in [3.63, 3.8) is 0 Å². The first-order chi connectivity index (χ1) is 9.52. The molecule has 2 rings (SSSR count). The number of rotatable bonds is 4. The van der Waals surface area contributed by atoms with Crippen LogP contribution in [0, 0.1) is 0 Å². The predicted octanol–water partition coefficient (Wildman–Crippen LogP) is 4.05. The third kappa shape index (κ3) is 3.79. The SMILES string of the molecule is CCC(N)C(c1ccccc1Br)N1CC(C)SC(C)C1. The number of nitrogens with zero attached hydrogens (tertiary/aromatic N) is 1. The molecular weight excluding hydrogens is 332 g/mol. The molecule has 0 saturated carbocycles. The van der Waals surface area contributed by atoms with E-state index in [9.17, 15) is 0 Å². The van der Waals surface area contributed by atoms with Gasteiger partial charge >= 0.3 is 0 Å². The summed E-state index contributed by atoms with van der Waals surface area (Å²) in [5.41, 5.74) is 7.80. The lowest BCUT2D eigenvalue weighted by molar-refractivity contribution is 0.166. The Balaban J connectivity index is 2.30. The van der Waals surface area contributed by atoms with Gasteiger partial charge in [-0.3, -0.25) is 4.90 Å². The molecule has 0 aliphatic carbocycles. The highest BCUT2D eigenvalue weighted by atomic mass is 79.9. The number of benzene rings is 1. The van der Waals surface area contributed by atoms with Gasteiger partial charge < -0.3 is 5.73 Å². The Hall–Kier alpha value is -0.0300. The molecule has 20 heavy (non-hydrogen) atoms. The zero-order chi connectivity index (χ0) is 14.7. The van der Waals surface area contributed by atoms with Crippen molar-refractivity contribution in [1.82, 2.24) is 4.90 Å². The van der Waals surface area contributed by atoms with E-state index >= 15 is 0 Å². The monoisotopic (exact) mass is 356 g/mol. The minimum absolute atomic E-state index is 0.177. The van der Waals surface area contributed by atoms with Gasteiger partial charge in [0.25, 0.3) is 0 Å². The molecule has 1 aliphatic heterocycles. The Morgan fingerprint density at radius 1 is 1.30 bits per heavy atom. The number of thioether (sulfide) groups is 1. The normalized spacial score (nSPS) is 27.2. The first-order valence-electron chi connectivity index (χ1n) is 7.42. The summed E-state index contributed by atoms with van der Waals surface area (Å²) in [7, 11) is 0. The molecule has 0 spiro atoms. The third-order valence-electron chi connectivity index (χ3n) is 3.94. The zero-order valence-electron chi connectivity index (χ0n) is 12.6. The first-order valence-corrected chi connectivity index (χ1v) is 9.16. The van der Waals surface area contributed by atoms with Gasteiger partial charge in [-0.25, -0.2) is 0 Å². The van der Waals surface area contributed by atoms with Crippen molar-refractivity contribution in [2.75, 3.05) is 13.1 Å². The van der Waals surface area contributed by atoms with E-state index in [4.69, 9.17) is 5.73 Å². The fourth-order valence-electron chi connectivity index (χ4n) is 3.08. The van der Waals surface area contributed by atoms with E-state index < -0.39 is 0 Å². The molecular formula is C16H25BrN2S. The molecule has 2 nitrogen and oxygen atoms in total. The maximum atomic E-state index is 6.47. The lowest BCUT2D eigenvalue weighted by atomic mass is 9.95. The highest BCUT2D eigenvalue weighted by molar-refractivity contribution is 9.10. The Morgan fingerprint density at radius 2 is 1.90 bits per heavy atom. The zero-order valence-corrected chi connectivity index (χ0v) is 15.0. The topological polar surface area (TPSA) is 29.3 Å². The molecule has 1 aromatic rings. The van der Waals surface area contributed by atoms with Crippen molar-refractivity contribution in [1.29, 1.82) is 0 Å². The Morgan fingerprint density at radius 3 is 2.45 bits per heavy atom. The molecule has 1 saturated heterocycles. The van der Waals surface area contributed by atoms with Gasteiger partial charge in [0.05, 0.1) is 6.04 Å². The van der Waals surface area contributed by atoms with Crippen LogP contribution in [0.5, 0.6) is 0 Å². The second-order valence-electron chi connectivity index (χ2n) is 5.75. The molecule has 2 N–H and O–H groups in total. The maximum absolute atomic E-state index is 6.47. The molecule has 4 heteroatoms. The summed E-state index contributed by atoms with van der Waals surface area (Å²) in [6.07, 6.45) is 0.998. The number of nitrogens with two attached hydrogens (primary N) is 1. The number of hydrogen-bond acceptors (Lipinski definition) is 3. The van der Waals surface area contributed by atoms with E-state index in [1.165, 1.54) is 10.0 Å². The van der Waals surface area contributed by atoms with Crippen molar-refractivity contribution in [2.24, 2.45) is 5.73 Å². The minimum atomic E-state index is 0.177. The van der Waals surface area contributed by atoms with Gasteiger partial charge in [0.15, 0.2) is 0 Å². The summed E-state index contributed by atoms with van der Waals surface area (Å²) in [5, 5.41) is 1.35. The molecule has 112 valence electrons. The lowest BCUT2D eigenvalue weighted by Crippen LogP contribution is -2.48. The Kier molecular flexibility index (Phi) is 5.96. The lowest BCUT2D eigenvalue weighted by Gasteiger charge is -2.42. The van der Waals surface area contributed by atoms with Gasteiger partial charge in [0.1, 0.15) is 0 Å². The van der Waals surface area contributed by atoms with E-state index in [1.807, 2.05) is 0 Å². The van der Waals surface area contributed by atoms with Crippen LogP contribution in [0.4, 0.5) is 0 Å². The van der Waals surface area contributed by atoms with Crippen LogP contribution in [-0.2, 0) is 0 Å². The van der Waals surface area contributed by atoms with Crippen LogP contribution in [0.25, 0.3) is 0 Å². The quantitative estimate of drug-likeness (QED) is 0.881. The average molecular weight is 357 g/mol. The van der Waals surface area contributed by atoms with Crippen molar-refractivity contribution in [3.05, 3.63) is 34.3 Å². The summed E-state index contributed by atoms with van der Waals surface area (Å²) in [6.45, 7) is 9.06. The molecule has 0 radical (unpaired) electrons. The average Bonchev–Trinajstić information content (AvgIpc) is 2.40. The van der Waals surface area contributed by atoms with Crippen LogP contribution in [-0.4, -0.2) is 34.5 Å². The van der Waals surface area contributed by atoms with Gasteiger partial charge in [-0.2, -0.15) is 11.8 Å². The highest BCUT2D eigenvalue weighted by Gasteiger charge is 2.32. The van der Waals surface area contributed by atoms with Crippen LogP contribution in [0.15, 0.2) is 28.7 Å². The van der Waals surface area contributed by atoms with Crippen molar-refractivity contribution < 1.29 is 0 Å². The Labute approximate surface area is 135 Å². The van der Waals surface area contributed by atoms with Crippen LogP contribution >= 0.6 is 27.7 Å². The molecule has 0 bridgehead atoms. The number of halogens is 1. The van der Waals surface area contributed by atoms with Crippen molar-refractivity contribution in [2.45, 2.75) is 49.8 Å². The fraction of sp³-hybridized carbons (Fsp3) is 0.625. The van der Waals surface area contributed by atoms with Gasteiger partial charge in [0, 0.05) is 34.1 Å². The molecule has 0 amide bonds. The molecule has 4 unspecified atom stereocenters. The predicted molar refractivity (Wildman–Crippen MR) is 93.2 cm³/mol. The molecule has 4 atom stereocenters. The maximum Gasteiger partial charge on any atom is 0.0511 e. The molecule has 1 aromatic carbocycles. The summed E-state index contributed by atoms with van der Waals surface area (Å²) >= 11 is 5.79. The van der Waals surface area contributed by atoms with Gasteiger partial charge in [-0.1, -0.05) is 54.9 Å². The van der Waals surface area contributed by atoms with Crippen LogP contribution in [0.2, 0.25) is 0 Å². The van der Waals surface area contributed by atoms with Crippen LogP contribution in [0.1, 0.15) is 38.8 Å². The van der Waals surface area contributed by atoms with Gasteiger partial charge in [0.2, 0.25) is 0 Å². The molecule has 0 aromatic heterocycles. The molecule has 1 fully saturated rings. The summed E-state index contributed by atoms with van der Waals surface area (Å²) in [6, 6.07) is 9.00. The largest absolute Gasteiger partial charge is 0.326 e. The molecule has 1 aliphatic rings. The van der Waals surface area contributed by atoms with Crippen molar-refractivity contribution >= 4 is 27.7 Å². The second-order valence-corrected chi connectivity index (χ2v) is 8.49. The van der Waals surface area contributed by atoms with Gasteiger partial charge in [-0.05, 0) is 18.1 Å². The van der Waals surface area contributed by atoms with Crippen molar-refractivity contribution in [3.8, 4) is 0 Å². The third-order valence-corrected chi connectivity index (χ3v) is 5.89. The molecule has 1 heterocycles. The van der Waals surface area contributed by atoms with E-state index in [-0.39, 0.29) is 6.04 Å². The first kappa shape index (κ1) is 16.3. The summed E-state index contributed by atoms with van der Waals surface area (Å²) in [5.74, 6) is 0. The fourth-order valence-corrected chi connectivity index (χ4v) is 4.95. The van der Waals surface area contributed by atoms with Crippen LogP contribution in [0.3, 0.4) is 0 Å². The van der Waals surface area contributed by atoms with Crippen LogP contribution < -0.4 is 5.73 Å². The summed E-state index contributed by atoms with van der Waals surface area (Å²) in [4.78, 5) is 2.58. The van der Waals surface area contributed by atoms with E-state index in [0.717, 1.165) is 19.5 Å². The Bertz CT molecular complexity index is 430.